The summed E-state index contributed by atoms with van der Waals surface area (Å²) in [6.07, 6.45) is 1.19. The Kier molecular flexibility index (Phi) is 9.13. The zero-order valence-electron chi connectivity index (χ0n) is 13.9. The molecule has 0 aliphatic rings. The maximum Gasteiger partial charge on any atom is 0.333 e. The molecule has 0 heterocycles. The number of rotatable bonds is 10. The Hall–Kier alpha value is -1.85. The largest absolute Gasteiger partial charge is 0.462 e. The molecule has 0 saturated heterocycles. The summed E-state index contributed by atoms with van der Waals surface area (Å²) in [4.78, 5) is 34.1. The predicted molar refractivity (Wildman–Crippen MR) is 81.0 cm³/mol. The zero-order chi connectivity index (χ0) is 17.2. The van der Waals surface area contributed by atoms with E-state index in [1.807, 2.05) is 6.92 Å². The van der Waals surface area contributed by atoms with E-state index in [1.165, 1.54) is 0 Å². The van der Waals surface area contributed by atoms with Gasteiger partial charge in [0.2, 0.25) is 0 Å². The van der Waals surface area contributed by atoms with Crippen LogP contribution >= 0.6 is 0 Å². The van der Waals surface area contributed by atoms with E-state index >= 15 is 0 Å². The third-order valence-electron chi connectivity index (χ3n) is 3.12. The second kappa shape index (κ2) is 9.97. The molecular formula is C16H26O6. The van der Waals surface area contributed by atoms with Gasteiger partial charge >= 0.3 is 17.9 Å². The summed E-state index contributed by atoms with van der Waals surface area (Å²) in [6.45, 7) is 10.7. The molecule has 0 unspecified atom stereocenters. The van der Waals surface area contributed by atoms with Gasteiger partial charge < -0.3 is 14.2 Å². The fourth-order valence-corrected chi connectivity index (χ4v) is 1.21. The normalized spacial score (nSPS) is 10.7. The summed E-state index contributed by atoms with van der Waals surface area (Å²) in [6, 6.07) is 0. The van der Waals surface area contributed by atoms with Gasteiger partial charge in [0.05, 0.1) is 12.0 Å². The van der Waals surface area contributed by atoms with Crippen molar-refractivity contribution in [2.24, 2.45) is 5.41 Å². The molecule has 0 amide bonds. The van der Waals surface area contributed by atoms with Gasteiger partial charge in [0.25, 0.3) is 0 Å². The summed E-state index contributed by atoms with van der Waals surface area (Å²) in [5, 5.41) is 0. The second-order valence-electron chi connectivity index (χ2n) is 5.61. The Morgan fingerprint density at radius 2 is 1.59 bits per heavy atom. The van der Waals surface area contributed by atoms with E-state index < -0.39 is 17.4 Å². The Bertz CT molecular complexity index is 411. The number of carbonyl (C=O) groups excluding carboxylic acids is 3. The van der Waals surface area contributed by atoms with Gasteiger partial charge in [0.1, 0.15) is 13.2 Å². The summed E-state index contributed by atoms with van der Waals surface area (Å²) >= 11 is 0. The van der Waals surface area contributed by atoms with Crippen LogP contribution in [-0.2, 0) is 28.6 Å². The van der Waals surface area contributed by atoms with E-state index in [-0.39, 0.29) is 32.2 Å². The van der Waals surface area contributed by atoms with Gasteiger partial charge in [-0.1, -0.05) is 13.5 Å². The number of esters is 3. The summed E-state index contributed by atoms with van der Waals surface area (Å²) < 4.78 is 14.8. The van der Waals surface area contributed by atoms with Crippen LogP contribution in [0, 0.1) is 5.41 Å². The van der Waals surface area contributed by atoms with Crippen molar-refractivity contribution in [2.75, 3.05) is 19.8 Å². The lowest BCUT2D eigenvalue weighted by Gasteiger charge is -2.20. The van der Waals surface area contributed by atoms with E-state index in [0.717, 1.165) is 0 Å². The molecule has 22 heavy (non-hydrogen) atoms. The van der Waals surface area contributed by atoms with E-state index in [2.05, 4.69) is 6.58 Å². The van der Waals surface area contributed by atoms with Crippen molar-refractivity contribution < 1.29 is 28.6 Å². The Morgan fingerprint density at radius 3 is 2.14 bits per heavy atom. The van der Waals surface area contributed by atoms with Crippen molar-refractivity contribution in [1.82, 2.24) is 0 Å². The fourth-order valence-electron chi connectivity index (χ4n) is 1.21. The minimum Gasteiger partial charge on any atom is -0.462 e. The molecule has 6 nitrogen and oxygen atoms in total. The molecule has 0 aliphatic heterocycles. The van der Waals surface area contributed by atoms with Gasteiger partial charge in [-0.15, -0.1) is 0 Å². The standard InChI is InChI=1S/C16H26O6/c1-6-16(4,5)15(19)22-11-10-20-13(17)8-7-9-21-14(18)12(2)3/h2,6-11H2,1,3-5H3. The molecule has 0 N–H and O–H groups in total. The number of hydrogen-bond acceptors (Lipinski definition) is 6. The highest BCUT2D eigenvalue weighted by atomic mass is 16.6. The lowest BCUT2D eigenvalue weighted by Crippen LogP contribution is -2.27. The Labute approximate surface area is 131 Å². The van der Waals surface area contributed by atoms with Crippen LogP contribution in [-0.4, -0.2) is 37.7 Å². The average molecular weight is 314 g/mol. The van der Waals surface area contributed by atoms with E-state index in [0.29, 0.717) is 18.4 Å². The predicted octanol–water partition coefficient (Wildman–Crippen LogP) is 2.41. The lowest BCUT2D eigenvalue weighted by atomic mass is 9.91. The molecule has 0 aromatic heterocycles. The number of ether oxygens (including phenoxy) is 3. The molecule has 6 heteroatoms. The maximum atomic E-state index is 11.7. The molecular weight excluding hydrogens is 288 g/mol. The first-order valence-corrected chi connectivity index (χ1v) is 7.36. The molecule has 0 atom stereocenters. The van der Waals surface area contributed by atoms with Crippen molar-refractivity contribution in [3.8, 4) is 0 Å². The van der Waals surface area contributed by atoms with Crippen LogP contribution in [0.25, 0.3) is 0 Å². The topological polar surface area (TPSA) is 78.9 Å². The van der Waals surface area contributed by atoms with Gasteiger partial charge in [-0.2, -0.15) is 0 Å². The van der Waals surface area contributed by atoms with Crippen LogP contribution in [0.4, 0.5) is 0 Å². The third-order valence-corrected chi connectivity index (χ3v) is 3.12. The molecule has 0 bridgehead atoms. The molecule has 0 aliphatic carbocycles. The third kappa shape index (κ3) is 8.44. The van der Waals surface area contributed by atoms with Gasteiger partial charge in [0, 0.05) is 12.0 Å². The quantitative estimate of drug-likeness (QED) is 0.267. The maximum absolute atomic E-state index is 11.7. The summed E-state index contributed by atoms with van der Waals surface area (Å²) in [7, 11) is 0. The molecule has 0 saturated carbocycles. The monoisotopic (exact) mass is 314 g/mol. The van der Waals surface area contributed by atoms with Crippen LogP contribution in [0.3, 0.4) is 0 Å². The molecule has 0 radical (unpaired) electrons. The minimum absolute atomic E-state index is 0.0237. The molecule has 0 aromatic carbocycles. The van der Waals surface area contributed by atoms with Crippen molar-refractivity contribution in [2.45, 2.75) is 47.0 Å². The van der Waals surface area contributed by atoms with Gasteiger partial charge in [-0.3, -0.25) is 9.59 Å². The van der Waals surface area contributed by atoms with E-state index in [9.17, 15) is 14.4 Å². The smallest absolute Gasteiger partial charge is 0.333 e. The molecule has 126 valence electrons. The van der Waals surface area contributed by atoms with Crippen LogP contribution in [0.5, 0.6) is 0 Å². The van der Waals surface area contributed by atoms with E-state index in [4.69, 9.17) is 14.2 Å². The number of carbonyl (C=O) groups is 3. The molecule has 0 aromatic rings. The van der Waals surface area contributed by atoms with Crippen molar-refractivity contribution >= 4 is 17.9 Å². The van der Waals surface area contributed by atoms with Crippen LogP contribution in [0.15, 0.2) is 12.2 Å². The highest BCUT2D eigenvalue weighted by molar-refractivity contribution is 5.86. The van der Waals surface area contributed by atoms with Gasteiger partial charge in [-0.05, 0) is 33.6 Å². The van der Waals surface area contributed by atoms with Crippen LogP contribution in [0.1, 0.15) is 47.0 Å². The van der Waals surface area contributed by atoms with Gasteiger partial charge in [-0.25, -0.2) is 4.79 Å². The van der Waals surface area contributed by atoms with Crippen LogP contribution in [0.2, 0.25) is 0 Å². The van der Waals surface area contributed by atoms with Gasteiger partial charge in [0.15, 0.2) is 0 Å². The number of hydrogen-bond donors (Lipinski definition) is 0. The highest BCUT2D eigenvalue weighted by Gasteiger charge is 2.26. The first kappa shape index (κ1) is 20.1. The zero-order valence-corrected chi connectivity index (χ0v) is 13.9. The summed E-state index contributed by atoms with van der Waals surface area (Å²) in [5.41, 5.74) is -0.212. The van der Waals surface area contributed by atoms with Crippen molar-refractivity contribution in [3.63, 3.8) is 0 Å². The Morgan fingerprint density at radius 1 is 1.00 bits per heavy atom. The average Bonchev–Trinajstić information content (AvgIpc) is 2.47. The highest BCUT2D eigenvalue weighted by Crippen LogP contribution is 2.21. The van der Waals surface area contributed by atoms with Crippen molar-refractivity contribution in [3.05, 3.63) is 12.2 Å². The SMILES string of the molecule is C=C(C)C(=O)OCCCC(=O)OCCOC(=O)C(C)(C)CC. The first-order valence-electron chi connectivity index (χ1n) is 7.36. The summed E-state index contributed by atoms with van der Waals surface area (Å²) in [5.74, 6) is -1.20. The molecule has 0 spiro atoms. The first-order chi connectivity index (χ1) is 10.2. The second-order valence-corrected chi connectivity index (χ2v) is 5.61. The lowest BCUT2D eigenvalue weighted by molar-refractivity contribution is -0.159. The fraction of sp³-hybridized carbons (Fsp3) is 0.688. The molecule has 0 fully saturated rings. The van der Waals surface area contributed by atoms with E-state index in [1.54, 1.807) is 20.8 Å². The van der Waals surface area contributed by atoms with Crippen molar-refractivity contribution in [1.29, 1.82) is 0 Å². The van der Waals surface area contributed by atoms with Crippen LogP contribution < -0.4 is 0 Å². The Balaban J connectivity index is 3.69. The minimum atomic E-state index is -0.531. The molecule has 0 rings (SSSR count).